The minimum absolute atomic E-state index is 0.0867. The summed E-state index contributed by atoms with van der Waals surface area (Å²) in [6, 6.07) is 0.313. The number of hydrogen-bond donors (Lipinski definition) is 0. The topological polar surface area (TPSA) is 12.9 Å². The van der Waals surface area contributed by atoms with Crippen LogP contribution in [0, 0.1) is 0 Å². The summed E-state index contributed by atoms with van der Waals surface area (Å²) in [5, 5.41) is -0.654. The minimum Gasteiger partial charge on any atom is -0.231 e. The molecule has 0 aromatic carbocycles. The van der Waals surface area contributed by atoms with Crippen molar-refractivity contribution >= 4 is 27.5 Å². The number of hydrogen-bond acceptors (Lipinski definition) is 1. The lowest BCUT2D eigenvalue weighted by Crippen LogP contribution is -2.11. The van der Waals surface area contributed by atoms with Gasteiger partial charge in [0.05, 0.1) is 0 Å². The SMILES string of the molecule is FC(F)c1cc(C(F)(F)F)nc(Cl)c1CBr. The predicted octanol–water partition coefficient (Wildman–Crippen LogP) is 4.59. The zero-order chi connectivity index (χ0) is 12.5. The fourth-order valence-electron chi connectivity index (χ4n) is 1.03. The fourth-order valence-corrected chi connectivity index (χ4v) is 2.05. The van der Waals surface area contributed by atoms with E-state index in [9.17, 15) is 22.0 Å². The molecule has 0 amide bonds. The molecule has 1 aromatic rings. The van der Waals surface area contributed by atoms with Crippen LogP contribution in [0.15, 0.2) is 6.07 Å². The summed E-state index contributed by atoms with van der Waals surface area (Å²) in [4.78, 5) is 3.04. The Morgan fingerprint density at radius 1 is 1.38 bits per heavy atom. The van der Waals surface area contributed by atoms with Crippen LogP contribution >= 0.6 is 27.5 Å². The smallest absolute Gasteiger partial charge is 0.231 e. The molecule has 1 aromatic heterocycles. The van der Waals surface area contributed by atoms with Gasteiger partial charge in [0.25, 0.3) is 6.43 Å². The molecule has 0 saturated carbocycles. The molecule has 16 heavy (non-hydrogen) atoms. The van der Waals surface area contributed by atoms with Crippen molar-refractivity contribution in [2.75, 3.05) is 0 Å². The summed E-state index contributed by atoms with van der Waals surface area (Å²) in [7, 11) is 0. The van der Waals surface area contributed by atoms with Crippen LogP contribution < -0.4 is 0 Å². The summed E-state index contributed by atoms with van der Waals surface area (Å²) in [6.07, 6.45) is -7.83. The van der Waals surface area contributed by atoms with Gasteiger partial charge in [-0.25, -0.2) is 13.8 Å². The van der Waals surface area contributed by atoms with Crippen LogP contribution in [-0.4, -0.2) is 4.98 Å². The van der Waals surface area contributed by atoms with Crippen LogP contribution in [0.5, 0.6) is 0 Å². The van der Waals surface area contributed by atoms with Crippen molar-refractivity contribution < 1.29 is 22.0 Å². The molecule has 1 rings (SSSR count). The first-order valence-electron chi connectivity index (χ1n) is 3.88. The van der Waals surface area contributed by atoms with E-state index in [2.05, 4.69) is 20.9 Å². The zero-order valence-corrected chi connectivity index (χ0v) is 9.80. The first-order chi connectivity index (χ1) is 7.27. The number of alkyl halides is 6. The van der Waals surface area contributed by atoms with Crippen molar-refractivity contribution in [1.29, 1.82) is 0 Å². The van der Waals surface area contributed by atoms with Crippen LogP contribution in [0.3, 0.4) is 0 Å². The van der Waals surface area contributed by atoms with Gasteiger partial charge in [0.2, 0.25) is 0 Å². The molecule has 0 spiro atoms. The van der Waals surface area contributed by atoms with E-state index in [-0.39, 0.29) is 10.9 Å². The van der Waals surface area contributed by atoms with Gasteiger partial charge >= 0.3 is 6.18 Å². The molecule has 1 heterocycles. The van der Waals surface area contributed by atoms with Crippen molar-refractivity contribution in [2.45, 2.75) is 17.9 Å². The Morgan fingerprint density at radius 3 is 2.31 bits per heavy atom. The second-order valence-corrected chi connectivity index (χ2v) is 3.72. The highest BCUT2D eigenvalue weighted by molar-refractivity contribution is 9.08. The van der Waals surface area contributed by atoms with Gasteiger partial charge in [0.1, 0.15) is 10.8 Å². The number of rotatable bonds is 2. The number of pyridine rings is 1. The second-order valence-electron chi connectivity index (χ2n) is 2.80. The first-order valence-corrected chi connectivity index (χ1v) is 5.38. The zero-order valence-electron chi connectivity index (χ0n) is 7.45. The standard InChI is InChI=1S/C8H4BrClF5N/c9-2-4-3(7(11)12)1-5(8(13,14)15)16-6(4)10/h1,7H,2H2. The van der Waals surface area contributed by atoms with Crippen molar-refractivity contribution in [3.8, 4) is 0 Å². The van der Waals surface area contributed by atoms with Gasteiger partial charge in [-0.05, 0) is 6.07 Å². The van der Waals surface area contributed by atoms with E-state index in [0.717, 1.165) is 0 Å². The Hall–Kier alpha value is -0.430. The van der Waals surface area contributed by atoms with E-state index in [0.29, 0.717) is 6.07 Å². The third kappa shape index (κ3) is 2.82. The molecule has 0 atom stereocenters. The highest BCUT2D eigenvalue weighted by Gasteiger charge is 2.35. The summed E-state index contributed by atoms with van der Waals surface area (Å²) in [6.45, 7) is 0. The van der Waals surface area contributed by atoms with E-state index in [1.165, 1.54) is 0 Å². The quantitative estimate of drug-likeness (QED) is 0.440. The van der Waals surface area contributed by atoms with E-state index in [4.69, 9.17) is 11.6 Å². The molecule has 0 saturated heterocycles. The van der Waals surface area contributed by atoms with Gasteiger partial charge < -0.3 is 0 Å². The highest BCUT2D eigenvalue weighted by Crippen LogP contribution is 2.35. The number of halogens is 7. The lowest BCUT2D eigenvalue weighted by atomic mass is 10.1. The monoisotopic (exact) mass is 323 g/mol. The summed E-state index contributed by atoms with van der Waals surface area (Å²) in [5.74, 6) is 0. The maximum Gasteiger partial charge on any atom is 0.433 e. The fraction of sp³-hybridized carbons (Fsp3) is 0.375. The van der Waals surface area contributed by atoms with Crippen LogP contribution in [0.25, 0.3) is 0 Å². The molecule has 0 aliphatic heterocycles. The second kappa shape index (κ2) is 4.83. The molecule has 0 radical (unpaired) electrons. The van der Waals surface area contributed by atoms with E-state index < -0.39 is 29.0 Å². The Kier molecular flexibility index (Phi) is 4.12. The highest BCUT2D eigenvalue weighted by atomic mass is 79.9. The van der Waals surface area contributed by atoms with Gasteiger partial charge in [-0.15, -0.1) is 0 Å². The number of aromatic nitrogens is 1. The lowest BCUT2D eigenvalue weighted by Gasteiger charge is -2.12. The van der Waals surface area contributed by atoms with E-state index >= 15 is 0 Å². The van der Waals surface area contributed by atoms with E-state index in [1.54, 1.807) is 0 Å². The molecule has 0 unspecified atom stereocenters. The van der Waals surface area contributed by atoms with Gasteiger partial charge in [-0.2, -0.15) is 13.2 Å². The largest absolute Gasteiger partial charge is 0.433 e. The third-order valence-corrected chi connectivity index (χ3v) is 2.64. The van der Waals surface area contributed by atoms with Gasteiger partial charge in [-0.1, -0.05) is 27.5 Å². The molecule has 0 aliphatic carbocycles. The molecule has 0 N–H and O–H groups in total. The molecule has 8 heteroatoms. The van der Waals surface area contributed by atoms with Gasteiger partial charge in [0, 0.05) is 16.5 Å². The molecule has 90 valence electrons. The van der Waals surface area contributed by atoms with Crippen molar-refractivity contribution in [2.24, 2.45) is 0 Å². The Balaban J connectivity index is 3.40. The molecule has 1 nitrogen and oxygen atoms in total. The van der Waals surface area contributed by atoms with Crippen LogP contribution in [0.4, 0.5) is 22.0 Å². The molecular weight excluding hydrogens is 320 g/mol. The molecular formula is C8H4BrClF5N. The average molecular weight is 324 g/mol. The summed E-state index contributed by atoms with van der Waals surface area (Å²) < 4.78 is 61.8. The summed E-state index contributed by atoms with van der Waals surface area (Å²) in [5.41, 5.74) is -2.31. The van der Waals surface area contributed by atoms with Crippen LogP contribution in [0.2, 0.25) is 5.15 Å². The Bertz CT molecular complexity index is 393. The predicted molar refractivity (Wildman–Crippen MR) is 51.8 cm³/mol. The summed E-state index contributed by atoms with van der Waals surface area (Å²) >= 11 is 8.27. The maximum absolute atomic E-state index is 12.5. The van der Waals surface area contributed by atoms with Crippen molar-refractivity contribution in [3.63, 3.8) is 0 Å². The van der Waals surface area contributed by atoms with Crippen molar-refractivity contribution in [3.05, 3.63) is 28.0 Å². The first kappa shape index (κ1) is 13.6. The normalized spacial score (nSPS) is 12.2. The van der Waals surface area contributed by atoms with Crippen LogP contribution in [-0.2, 0) is 11.5 Å². The van der Waals surface area contributed by atoms with Gasteiger partial charge in [0.15, 0.2) is 0 Å². The molecule has 0 bridgehead atoms. The van der Waals surface area contributed by atoms with Crippen LogP contribution in [0.1, 0.15) is 23.2 Å². The average Bonchev–Trinajstić information content (AvgIpc) is 2.14. The maximum atomic E-state index is 12.5. The van der Waals surface area contributed by atoms with Gasteiger partial charge in [-0.3, -0.25) is 0 Å². The Labute approximate surface area is 101 Å². The molecule has 0 aliphatic rings. The third-order valence-electron chi connectivity index (χ3n) is 1.77. The van der Waals surface area contributed by atoms with Crippen molar-refractivity contribution in [1.82, 2.24) is 4.98 Å². The van der Waals surface area contributed by atoms with E-state index in [1.807, 2.05) is 0 Å². The Morgan fingerprint density at radius 2 is 1.94 bits per heavy atom. The molecule has 0 fully saturated rings. The number of nitrogens with zero attached hydrogens (tertiary/aromatic N) is 1. The minimum atomic E-state index is -4.79. The lowest BCUT2D eigenvalue weighted by molar-refractivity contribution is -0.141.